The van der Waals surface area contributed by atoms with Crippen molar-refractivity contribution in [2.24, 2.45) is 29.1 Å². The summed E-state index contributed by atoms with van der Waals surface area (Å²) < 4.78 is 5.35. The van der Waals surface area contributed by atoms with Crippen molar-refractivity contribution in [1.29, 1.82) is 0 Å². The number of aliphatic carboxylic acids is 1. The lowest BCUT2D eigenvalue weighted by Gasteiger charge is -2.54. The second-order valence-corrected chi connectivity index (χ2v) is 11.9. The molecule has 1 aliphatic heterocycles. The number of phenolic OH excluding ortho intramolecular Hbond substituents is 1. The van der Waals surface area contributed by atoms with Crippen LogP contribution >= 0.6 is 11.6 Å². The molecule has 5 rings (SSSR count). The van der Waals surface area contributed by atoms with Crippen molar-refractivity contribution in [2.45, 2.75) is 52.4 Å². The van der Waals surface area contributed by atoms with Gasteiger partial charge in [0.05, 0.1) is 29.4 Å². The molecule has 1 aromatic carbocycles. The zero-order valence-electron chi connectivity index (χ0n) is 22.8. The summed E-state index contributed by atoms with van der Waals surface area (Å²) in [4.78, 5) is 67.0. The highest BCUT2D eigenvalue weighted by molar-refractivity contribution is 6.32. The number of halogens is 1. The molecule has 2 N–H and O–H groups in total. The second kappa shape index (κ2) is 9.87. The Balaban J connectivity index is 1.65. The van der Waals surface area contributed by atoms with E-state index in [2.05, 4.69) is 0 Å². The van der Waals surface area contributed by atoms with E-state index < -0.39 is 41.0 Å². The monoisotopic (exact) mass is 569 g/mol. The number of carbonyl (C=O) groups is 5. The molecule has 9 nitrogen and oxygen atoms in total. The van der Waals surface area contributed by atoms with Gasteiger partial charge in [0.15, 0.2) is 23.1 Å². The van der Waals surface area contributed by atoms with E-state index in [4.69, 9.17) is 21.4 Å². The minimum Gasteiger partial charge on any atom is -0.503 e. The van der Waals surface area contributed by atoms with Crippen molar-refractivity contribution in [1.82, 2.24) is 4.90 Å². The highest BCUT2D eigenvalue weighted by Crippen LogP contribution is 2.63. The summed E-state index contributed by atoms with van der Waals surface area (Å²) in [5.74, 6) is -5.33. The number of ether oxygens (including phenoxy) is 1. The first-order valence-corrected chi connectivity index (χ1v) is 13.8. The lowest BCUT2D eigenvalue weighted by molar-refractivity contribution is -0.143. The molecule has 3 aliphatic carbocycles. The maximum Gasteiger partial charge on any atom is 0.303 e. The van der Waals surface area contributed by atoms with Crippen LogP contribution in [0.4, 0.5) is 0 Å². The molecule has 10 heteroatoms. The van der Waals surface area contributed by atoms with Gasteiger partial charge in [-0.25, -0.2) is 0 Å². The van der Waals surface area contributed by atoms with Gasteiger partial charge >= 0.3 is 5.97 Å². The first-order chi connectivity index (χ1) is 18.8. The Kier molecular flexibility index (Phi) is 6.93. The van der Waals surface area contributed by atoms with Crippen molar-refractivity contribution in [3.63, 3.8) is 0 Å². The lowest BCUT2D eigenvalue weighted by Crippen LogP contribution is -2.55. The van der Waals surface area contributed by atoms with Crippen molar-refractivity contribution < 1.29 is 38.9 Å². The Labute approximate surface area is 236 Å². The molecule has 0 radical (unpaired) electrons. The molecular weight excluding hydrogens is 538 g/mol. The number of methoxy groups -OCH3 is 1. The number of rotatable bonds is 6. The fraction of sp³-hybridized carbons (Fsp3) is 0.500. The highest BCUT2D eigenvalue weighted by Gasteiger charge is 2.63. The molecular formula is C30H32ClNO8. The average Bonchev–Trinajstić information content (AvgIpc) is 3.16. The summed E-state index contributed by atoms with van der Waals surface area (Å²) in [6.07, 6.45) is 2.44. The van der Waals surface area contributed by atoms with Crippen LogP contribution in [0.5, 0.6) is 11.5 Å². The Morgan fingerprint density at radius 2 is 1.82 bits per heavy atom. The van der Waals surface area contributed by atoms with Crippen LogP contribution in [0.3, 0.4) is 0 Å². The Bertz CT molecular complexity index is 1430. The third-order valence-electron chi connectivity index (χ3n) is 9.64. The van der Waals surface area contributed by atoms with Crippen LogP contribution in [0.2, 0.25) is 5.02 Å². The number of allylic oxidation sites excluding steroid dienone is 4. The number of likely N-dealkylation sites (tertiary alicyclic amines) is 1. The van der Waals surface area contributed by atoms with Gasteiger partial charge in [0, 0.05) is 24.8 Å². The van der Waals surface area contributed by atoms with Gasteiger partial charge in [-0.05, 0) is 67.9 Å². The molecule has 4 aliphatic rings. The van der Waals surface area contributed by atoms with E-state index in [0.29, 0.717) is 16.7 Å². The maximum atomic E-state index is 14.0. The standard InChI is InChI=1S/C30H32ClNO8/c1-13-14(2)27(37)30(3)19(25(13)35)12-18-16(24(30)15-10-20(31)26(36)21(11-15)40-4)7-8-17-23(18)29(39)32(28(17)38)9-5-6-22(33)34/h7,10-11,17-19,23-24,36H,5-6,8-9,12H2,1-4H3,(H,33,34)/t17-,18+,19-,23-,24-,30+/m0/s1. The van der Waals surface area contributed by atoms with Crippen molar-refractivity contribution >= 4 is 41.0 Å². The van der Waals surface area contributed by atoms with Gasteiger partial charge in [-0.15, -0.1) is 0 Å². The van der Waals surface area contributed by atoms with Crippen LogP contribution in [0, 0.1) is 29.1 Å². The summed E-state index contributed by atoms with van der Waals surface area (Å²) in [5, 5.41) is 19.5. The molecule has 0 unspecified atom stereocenters. The number of carbonyl (C=O) groups excluding carboxylic acids is 4. The molecule has 1 saturated heterocycles. The van der Waals surface area contributed by atoms with E-state index in [1.54, 1.807) is 32.9 Å². The number of ketones is 2. The van der Waals surface area contributed by atoms with E-state index >= 15 is 0 Å². The third kappa shape index (κ3) is 3.92. The van der Waals surface area contributed by atoms with E-state index in [0.717, 1.165) is 5.57 Å². The molecule has 0 aromatic heterocycles. The van der Waals surface area contributed by atoms with Gasteiger partial charge in [0.1, 0.15) is 0 Å². The molecule has 2 fully saturated rings. The number of amides is 2. The average molecular weight is 570 g/mol. The van der Waals surface area contributed by atoms with Crippen LogP contribution in [0.1, 0.15) is 57.9 Å². The number of imide groups is 1. The molecule has 6 atom stereocenters. The van der Waals surface area contributed by atoms with Crippen molar-refractivity contribution in [2.75, 3.05) is 13.7 Å². The van der Waals surface area contributed by atoms with Crippen molar-refractivity contribution in [3.8, 4) is 11.5 Å². The van der Waals surface area contributed by atoms with E-state index in [1.807, 2.05) is 6.08 Å². The number of hydrogen-bond donors (Lipinski definition) is 2. The molecule has 1 heterocycles. The number of aromatic hydroxyl groups is 1. The number of Topliss-reactive ketones (excluding diaryl/α,β-unsaturated/α-hetero) is 2. The number of nitrogens with zero attached hydrogens (tertiary/aromatic N) is 1. The molecule has 1 saturated carbocycles. The fourth-order valence-electron chi connectivity index (χ4n) is 7.55. The van der Waals surface area contributed by atoms with Gasteiger partial charge in [-0.1, -0.05) is 30.2 Å². The summed E-state index contributed by atoms with van der Waals surface area (Å²) >= 11 is 6.39. The minimum atomic E-state index is -1.19. The normalized spacial score (nSPS) is 31.6. The molecule has 40 heavy (non-hydrogen) atoms. The molecule has 212 valence electrons. The van der Waals surface area contributed by atoms with E-state index in [-0.39, 0.29) is 72.1 Å². The van der Waals surface area contributed by atoms with Gasteiger partial charge in [0.2, 0.25) is 11.8 Å². The number of carboxylic acids is 1. The van der Waals surface area contributed by atoms with E-state index in [9.17, 15) is 29.1 Å². The quantitative estimate of drug-likeness (QED) is 0.386. The van der Waals surface area contributed by atoms with Crippen molar-refractivity contribution in [3.05, 3.63) is 45.5 Å². The van der Waals surface area contributed by atoms with Gasteiger partial charge < -0.3 is 14.9 Å². The second-order valence-electron chi connectivity index (χ2n) is 11.5. The Hall–Kier alpha value is -3.46. The smallest absolute Gasteiger partial charge is 0.303 e. The van der Waals surface area contributed by atoms with E-state index in [1.165, 1.54) is 12.0 Å². The zero-order valence-corrected chi connectivity index (χ0v) is 23.6. The topological polar surface area (TPSA) is 138 Å². The van der Waals surface area contributed by atoms with Gasteiger partial charge in [0.25, 0.3) is 0 Å². The van der Waals surface area contributed by atoms with Gasteiger partial charge in [-0.3, -0.25) is 28.9 Å². The fourth-order valence-corrected chi connectivity index (χ4v) is 7.77. The first-order valence-electron chi connectivity index (χ1n) is 13.4. The van der Waals surface area contributed by atoms with Crippen LogP contribution in [0.25, 0.3) is 0 Å². The van der Waals surface area contributed by atoms with Crippen LogP contribution in [-0.2, 0) is 24.0 Å². The third-order valence-corrected chi connectivity index (χ3v) is 9.93. The number of hydrogen-bond acceptors (Lipinski definition) is 7. The lowest BCUT2D eigenvalue weighted by atomic mass is 9.46. The molecule has 1 aromatic rings. The number of carboxylic acid groups (broad SMARTS) is 1. The van der Waals surface area contributed by atoms with Gasteiger partial charge in [-0.2, -0.15) is 0 Å². The Morgan fingerprint density at radius 3 is 2.48 bits per heavy atom. The summed E-state index contributed by atoms with van der Waals surface area (Å²) in [6.45, 7) is 5.11. The zero-order chi connectivity index (χ0) is 29.3. The summed E-state index contributed by atoms with van der Waals surface area (Å²) in [5.41, 5.74) is 0.982. The summed E-state index contributed by atoms with van der Waals surface area (Å²) in [7, 11) is 1.39. The summed E-state index contributed by atoms with van der Waals surface area (Å²) in [6, 6.07) is 3.18. The number of phenols is 1. The molecule has 0 bridgehead atoms. The SMILES string of the molecule is COc1cc([C@H]2C3=CC[C@@H]4C(=O)N(CCCC(=O)O)C(=O)[C@@H]4[C@@H]3C[C@H]3C(=O)C(C)=C(C)C(=O)[C@@]23C)cc(Cl)c1O. The van der Waals surface area contributed by atoms with Crippen LogP contribution in [0.15, 0.2) is 34.9 Å². The Morgan fingerprint density at radius 1 is 1.12 bits per heavy atom. The predicted octanol–water partition coefficient (Wildman–Crippen LogP) is 4.06. The van der Waals surface area contributed by atoms with Crippen LogP contribution < -0.4 is 4.74 Å². The minimum absolute atomic E-state index is 0.0207. The highest BCUT2D eigenvalue weighted by atomic mass is 35.5. The number of benzene rings is 1. The maximum absolute atomic E-state index is 14.0. The molecule has 2 amide bonds. The largest absolute Gasteiger partial charge is 0.503 e. The molecule has 0 spiro atoms. The first kappa shape index (κ1) is 28.1. The predicted molar refractivity (Wildman–Crippen MR) is 144 cm³/mol. The number of fused-ring (bicyclic) bond motifs is 4. The van der Waals surface area contributed by atoms with Crippen LogP contribution in [-0.4, -0.2) is 58.1 Å².